The third-order valence-electron chi connectivity index (χ3n) is 1.97. The van der Waals surface area contributed by atoms with Crippen molar-refractivity contribution < 1.29 is 5.11 Å². The smallest absolute Gasteiger partial charge is 0.122 e. The van der Waals surface area contributed by atoms with Crippen molar-refractivity contribution in [1.82, 2.24) is 0 Å². The summed E-state index contributed by atoms with van der Waals surface area (Å²) in [6.07, 6.45) is 0.595. The molecule has 4 nitrogen and oxygen atoms in total. The molecule has 0 aromatic heterocycles. The highest BCUT2D eigenvalue weighted by Gasteiger charge is 2.03. The average Bonchev–Trinajstić information content (AvgIpc) is 2.18. The normalized spacial score (nSPS) is 12.4. The van der Waals surface area contributed by atoms with Gasteiger partial charge in [-0.05, 0) is 18.1 Å². The fourth-order valence-electron chi connectivity index (χ4n) is 1.23. The van der Waals surface area contributed by atoms with Crippen LogP contribution >= 0.6 is 0 Å². The molecule has 0 aliphatic carbocycles. The second-order valence-corrected chi connectivity index (χ2v) is 3.26. The Morgan fingerprint density at radius 3 is 2.79 bits per heavy atom. The van der Waals surface area contributed by atoms with Crippen LogP contribution in [0.2, 0.25) is 0 Å². The predicted octanol–water partition coefficient (Wildman–Crippen LogP) is -0.167. The number of aliphatic hydroxyl groups excluding tert-OH is 1. The van der Waals surface area contributed by atoms with Crippen molar-refractivity contribution >= 4 is 5.84 Å². The van der Waals surface area contributed by atoms with Gasteiger partial charge in [0, 0.05) is 11.6 Å². The maximum atomic E-state index is 8.78. The van der Waals surface area contributed by atoms with Crippen LogP contribution in [0, 0.1) is 5.41 Å². The van der Waals surface area contributed by atoms with E-state index in [2.05, 4.69) is 0 Å². The van der Waals surface area contributed by atoms with Gasteiger partial charge in [-0.2, -0.15) is 0 Å². The average molecular weight is 193 g/mol. The third-order valence-corrected chi connectivity index (χ3v) is 1.97. The zero-order valence-corrected chi connectivity index (χ0v) is 7.90. The largest absolute Gasteiger partial charge is 0.395 e. The Balaban J connectivity index is 2.78. The lowest BCUT2D eigenvalue weighted by Crippen LogP contribution is -2.27. The highest BCUT2D eigenvalue weighted by Crippen LogP contribution is 2.06. The molecule has 0 fully saturated rings. The van der Waals surface area contributed by atoms with E-state index in [0.29, 0.717) is 12.0 Å². The van der Waals surface area contributed by atoms with Gasteiger partial charge >= 0.3 is 0 Å². The van der Waals surface area contributed by atoms with Crippen LogP contribution in [0.5, 0.6) is 0 Å². The summed E-state index contributed by atoms with van der Waals surface area (Å²) in [5, 5.41) is 16.0. The molecule has 0 heterocycles. The molecule has 1 atom stereocenters. The number of aliphatic hydroxyl groups is 1. The Kier molecular flexibility index (Phi) is 3.62. The minimum absolute atomic E-state index is 0.0374. The van der Waals surface area contributed by atoms with Crippen molar-refractivity contribution in [3.05, 3.63) is 35.4 Å². The molecule has 1 rings (SSSR count). The second kappa shape index (κ2) is 4.74. The molecule has 6 N–H and O–H groups in total. The van der Waals surface area contributed by atoms with Crippen molar-refractivity contribution in [2.75, 3.05) is 6.61 Å². The van der Waals surface area contributed by atoms with E-state index in [0.717, 1.165) is 5.56 Å². The van der Waals surface area contributed by atoms with Gasteiger partial charge in [0.1, 0.15) is 5.84 Å². The molecule has 0 radical (unpaired) electrons. The molecule has 1 aromatic rings. The molecule has 0 saturated heterocycles. The fraction of sp³-hybridized carbons (Fsp3) is 0.300. The quantitative estimate of drug-likeness (QED) is 0.395. The van der Waals surface area contributed by atoms with Gasteiger partial charge < -0.3 is 16.6 Å². The summed E-state index contributed by atoms with van der Waals surface area (Å²) in [4.78, 5) is 0. The predicted molar refractivity (Wildman–Crippen MR) is 56.2 cm³/mol. The number of benzene rings is 1. The molecule has 0 aliphatic heterocycles. The van der Waals surface area contributed by atoms with Crippen LogP contribution in [-0.4, -0.2) is 23.6 Å². The van der Waals surface area contributed by atoms with Gasteiger partial charge in [0.15, 0.2) is 0 Å². The SMILES string of the molecule is N=C(N)c1cccc(CC(N)CO)c1. The first-order valence-electron chi connectivity index (χ1n) is 4.43. The maximum absolute atomic E-state index is 8.78. The van der Waals surface area contributed by atoms with Crippen molar-refractivity contribution in [3.8, 4) is 0 Å². The lowest BCUT2D eigenvalue weighted by atomic mass is 10.0. The van der Waals surface area contributed by atoms with Crippen LogP contribution in [0.25, 0.3) is 0 Å². The minimum Gasteiger partial charge on any atom is -0.395 e. The van der Waals surface area contributed by atoms with Gasteiger partial charge in [0.2, 0.25) is 0 Å². The maximum Gasteiger partial charge on any atom is 0.122 e. The molecule has 1 aromatic carbocycles. The lowest BCUT2D eigenvalue weighted by Gasteiger charge is -2.08. The van der Waals surface area contributed by atoms with Crippen LogP contribution in [0.4, 0.5) is 0 Å². The number of hydrogen-bond donors (Lipinski definition) is 4. The number of hydrogen-bond acceptors (Lipinski definition) is 3. The highest BCUT2D eigenvalue weighted by molar-refractivity contribution is 5.95. The van der Waals surface area contributed by atoms with Crippen LogP contribution < -0.4 is 11.5 Å². The van der Waals surface area contributed by atoms with Crippen LogP contribution in [-0.2, 0) is 6.42 Å². The zero-order chi connectivity index (χ0) is 10.6. The Bertz CT molecular complexity index is 325. The van der Waals surface area contributed by atoms with E-state index in [4.69, 9.17) is 22.0 Å². The lowest BCUT2D eigenvalue weighted by molar-refractivity contribution is 0.265. The Morgan fingerprint density at radius 2 is 2.21 bits per heavy atom. The van der Waals surface area contributed by atoms with E-state index in [1.54, 1.807) is 6.07 Å². The number of nitrogens with two attached hydrogens (primary N) is 2. The minimum atomic E-state index is -0.253. The fourth-order valence-corrected chi connectivity index (χ4v) is 1.23. The van der Waals surface area contributed by atoms with Crippen molar-refractivity contribution in [3.63, 3.8) is 0 Å². The van der Waals surface area contributed by atoms with Gasteiger partial charge in [-0.15, -0.1) is 0 Å². The number of nitrogens with one attached hydrogen (secondary N) is 1. The van der Waals surface area contributed by atoms with Crippen LogP contribution in [0.15, 0.2) is 24.3 Å². The number of rotatable bonds is 4. The molecule has 0 spiro atoms. The van der Waals surface area contributed by atoms with Gasteiger partial charge in [-0.1, -0.05) is 18.2 Å². The third kappa shape index (κ3) is 2.83. The molecule has 4 heteroatoms. The summed E-state index contributed by atoms with van der Waals surface area (Å²) in [6.45, 7) is -0.0374. The molecule has 1 unspecified atom stereocenters. The van der Waals surface area contributed by atoms with Crippen molar-refractivity contribution in [2.45, 2.75) is 12.5 Å². The topological polar surface area (TPSA) is 96.1 Å². The van der Waals surface area contributed by atoms with Crippen molar-refractivity contribution in [1.29, 1.82) is 5.41 Å². The van der Waals surface area contributed by atoms with E-state index >= 15 is 0 Å². The number of nitrogen functional groups attached to an aromatic ring is 1. The zero-order valence-electron chi connectivity index (χ0n) is 7.90. The van der Waals surface area contributed by atoms with Gasteiger partial charge in [-0.3, -0.25) is 5.41 Å². The monoisotopic (exact) mass is 193 g/mol. The first-order chi connectivity index (χ1) is 6.63. The van der Waals surface area contributed by atoms with E-state index in [1.165, 1.54) is 0 Å². The Hall–Kier alpha value is -1.39. The molecule has 0 saturated carbocycles. The summed E-state index contributed by atoms with van der Waals surface area (Å²) in [6, 6.07) is 7.07. The summed E-state index contributed by atoms with van der Waals surface area (Å²) >= 11 is 0. The second-order valence-electron chi connectivity index (χ2n) is 3.26. The first-order valence-corrected chi connectivity index (χ1v) is 4.43. The standard InChI is InChI=1S/C10H15N3O/c11-9(6-14)5-7-2-1-3-8(4-7)10(12)13/h1-4,9,14H,5-6,11H2,(H3,12,13). The van der Waals surface area contributed by atoms with Crippen LogP contribution in [0.3, 0.4) is 0 Å². The molecular formula is C10H15N3O. The molecule has 14 heavy (non-hydrogen) atoms. The Labute approximate surface area is 83.1 Å². The highest BCUT2D eigenvalue weighted by atomic mass is 16.3. The molecule has 0 amide bonds. The first kappa shape index (κ1) is 10.7. The van der Waals surface area contributed by atoms with Crippen molar-refractivity contribution in [2.24, 2.45) is 11.5 Å². The molecule has 0 aliphatic rings. The summed E-state index contributed by atoms with van der Waals surface area (Å²) in [5.74, 6) is 0.0458. The Morgan fingerprint density at radius 1 is 1.50 bits per heavy atom. The number of amidine groups is 1. The van der Waals surface area contributed by atoms with E-state index < -0.39 is 0 Å². The summed E-state index contributed by atoms with van der Waals surface area (Å²) in [5.41, 5.74) is 12.6. The van der Waals surface area contributed by atoms with Gasteiger partial charge in [0.25, 0.3) is 0 Å². The van der Waals surface area contributed by atoms with Crippen LogP contribution in [0.1, 0.15) is 11.1 Å². The van der Waals surface area contributed by atoms with Gasteiger partial charge in [0.05, 0.1) is 6.61 Å². The summed E-state index contributed by atoms with van der Waals surface area (Å²) < 4.78 is 0. The molecule has 0 bridgehead atoms. The summed E-state index contributed by atoms with van der Waals surface area (Å²) in [7, 11) is 0. The van der Waals surface area contributed by atoms with E-state index in [-0.39, 0.29) is 18.5 Å². The van der Waals surface area contributed by atoms with E-state index in [9.17, 15) is 0 Å². The molecular weight excluding hydrogens is 178 g/mol. The van der Waals surface area contributed by atoms with Gasteiger partial charge in [-0.25, -0.2) is 0 Å². The molecule has 76 valence electrons. The van der Waals surface area contributed by atoms with E-state index in [1.807, 2.05) is 18.2 Å².